The highest BCUT2D eigenvalue weighted by Crippen LogP contribution is 2.18. The van der Waals surface area contributed by atoms with Gasteiger partial charge in [0.05, 0.1) is 7.11 Å². The molecule has 0 amide bonds. The van der Waals surface area contributed by atoms with Gasteiger partial charge in [-0.05, 0) is 43.0 Å². The van der Waals surface area contributed by atoms with Crippen molar-refractivity contribution >= 4 is 0 Å². The van der Waals surface area contributed by atoms with Crippen molar-refractivity contribution in [1.29, 1.82) is 0 Å². The summed E-state index contributed by atoms with van der Waals surface area (Å²) in [6, 6.07) is 6.41. The van der Waals surface area contributed by atoms with Crippen molar-refractivity contribution in [1.82, 2.24) is 0 Å². The van der Waals surface area contributed by atoms with Crippen LogP contribution in [0.1, 0.15) is 24.5 Å². The lowest BCUT2D eigenvalue weighted by Gasteiger charge is -2.12. The Morgan fingerprint density at radius 1 is 1.43 bits per heavy atom. The lowest BCUT2D eigenvalue weighted by atomic mass is 10.00. The van der Waals surface area contributed by atoms with Crippen LogP contribution in [0.3, 0.4) is 0 Å². The van der Waals surface area contributed by atoms with Crippen LogP contribution in [0.4, 0.5) is 0 Å². The Morgan fingerprint density at radius 2 is 2.14 bits per heavy atom. The zero-order chi connectivity index (χ0) is 10.6. The Balaban J connectivity index is 2.78. The molecule has 0 aliphatic rings. The second-order valence-corrected chi connectivity index (χ2v) is 3.66. The van der Waals surface area contributed by atoms with E-state index in [1.54, 1.807) is 7.11 Å². The van der Waals surface area contributed by atoms with Crippen LogP contribution in [-0.4, -0.2) is 13.2 Å². The maximum Gasteiger partial charge on any atom is 0.119 e. The van der Waals surface area contributed by atoms with Gasteiger partial charge in [-0.3, -0.25) is 0 Å². The first-order valence-corrected chi connectivity index (χ1v) is 5.06. The molecule has 2 nitrogen and oxygen atoms in total. The summed E-state index contributed by atoms with van der Waals surface area (Å²) in [6.45, 7) is 4.21. The number of hydrogen-bond donors (Lipinski definition) is 1. The highest BCUT2D eigenvalue weighted by Gasteiger charge is 2.04. The van der Waals surface area contributed by atoms with Crippen LogP contribution in [0.15, 0.2) is 18.2 Å². The van der Waals surface area contributed by atoms with Crippen LogP contribution in [-0.2, 0) is 6.42 Å². The molecule has 1 atom stereocenters. The Labute approximate surface area is 86.1 Å². The fourth-order valence-electron chi connectivity index (χ4n) is 1.45. The summed E-state index contributed by atoms with van der Waals surface area (Å²) in [5, 5.41) is 0. The molecule has 78 valence electrons. The van der Waals surface area contributed by atoms with Gasteiger partial charge in [0.15, 0.2) is 0 Å². The van der Waals surface area contributed by atoms with E-state index in [1.807, 2.05) is 6.07 Å². The van der Waals surface area contributed by atoms with E-state index in [4.69, 9.17) is 10.5 Å². The summed E-state index contributed by atoms with van der Waals surface area (Å²) in [6.07, 6.45) is 1.97. The SMILES string of the molecule is CCC(N)Cc1ccc(OC)cc1C. The molecule has 0 aromatic heterocycles. The number of aryl methyl sites for hydroxylation is 1. The molecule has 1 unspecified atom stereocenters. The molecule has 0 bridgehead atoms. The molecule has 0 saturated carbocycles. The first kappa shape index (κ1) is 11.1. The Morgan fingerprint density at radius 3 is 2.64 bits per heavy atom. The molecule has 0 spiro atoms. The van der Waals surface area contributed by atoms with Crippen LogP contribution in [0.5, 0.6) is 5.75 Å². The van der Waals surface area contributed by atoms with Crippen molar-refractivity contribution in [2.24, 2.45) is 5.73 Å². The summed E-state index contributed by atoms with van der Waals surface area (Å²) >= 11 is 0. The molecule has 0 heterocycles. The molecule has 1 aromatic carbocycles. The van der Waals surface area contributed by atoms with E-state index in [9.17, 15) is 0 Å². The van der Waals surface area contributed by atoms with Crippen LogP contribution in [0.25, 0.3) is 0 Å². The van der Waals surface area contributed by atoms with Crippen molar-refractivity contribution in [3.8, 4) is 5.75 Å². The van der Waals surface area contributed by atoms with Gasteiger partial charge in [-0.2, -0.15) is 0 Å². The molecule has 0 aliphatic carbocycles. The highest BCUT2D eigenvalue weighted by atomic mass is 16.5. The molecule has 1 rings (SSSR count). The molecule has 0 saturated heterocycles. The second kappa shape index (κ2) is 5.01. The minimum Gasteiger partial charge on any atom is -0.497 e. The fourth-order valence-corrected chi connectivity index (χ4v) is 1.45. The summed E-state index contributed by atoms with van der Waals surface area (Å²) in [5.41, 5.74) is 8.49. The minimum atomic E-state index is 0.266. The van der Waals surface area contributed by atoms with Gasteiger partial charge >= 0.3 is 0 Å². The Hall–Kier alpha value is -1.02. The fraction of sp³-hybridized carbons (Fsp3) is 0.500. The van der Waals surface area contributed by atoms with Gasteiger partial charge in [-0.1, -0.05) is 13.0 Å². The molecule has 2 N–H and O–H groups in total. The summed E-state index contributed by atoms with van der Waals surface area (Å²) < 4.78 is 5.15. The third-order valence-corrected chi connectivity index (χ3v) is 2.56. The Bertz CT molecular complexity index is 296. The van der Waals surface area contributed by atoms with E-state index in [0.29, 0.717) is 0 Å². The van der Waals surface area contributed by atoms with Gasteiger partial charge < -0.3 is 10.5 Å². The first-order chi connectivity index (χ1) is 6.67. The van der Waals surface area contributed by atoms with E-state index in [1.165, 1.54) is 11.1 Å². The number of rotatable bonds is 4. The van der Waals surface area contributed by atoms with Gasteiger partial charge in [0.25, 0.3) is 0 Å². The van der Waals surface area contributed by atoms with E-state index >= 15 is 0 Å². The predicted molar refractivity (Wildman–Crippen MR) is 59.7 cm³/mol. The number of benzene rings is 1. The normalized spacial score (nSPS) is 12.6. The zero-order valence-corrected chi connectivity index (χ0v) is 9.21. The van der Waals surface area contributed by atoms with Crippen molar-refractivity contribution in [2.75, 3.05) is 7.11 Å². The van der Waals surface area contributed by atoms with E-state index < -0.39 is 0 Å². The number of nitrogens with two attached hydrogens (primary N) is 1. The van der Waals surface area contributed by atoms with E-state index in [-0.39, 0.29) is 6.04 Å². The second-order valence-electron chi connectivity index (χ2n) is 3.66. The lowest BCUT2D eigenvalue weighted by molar-refractivity contribution is 0.414. The van der Waals surface area contributed by atoms with Gasteiger partial charge in [0.2, 0.25) is 0 Å². The number of methoxy groups -OCH3 is 1. The third kappa shape index (κ3) is 2.74. The average molecular weight is 193 g/mol. The lowest BCUT2D eigenvalue weighted by Crippen LogP contribution is -2.21. The van der Waals surface area contributed by atoms with Gasteiger partial charge in [-0.15, -0.1) is 0 Å². The summed E-state index contributed by atoms with van der Waals surface area (Å²) in [4.78, 5) is 0. The number of ether oxygens (including phenoxy) is 1. The summed E-state index contributed by atoms with van der Waals surface area (Å²) in [5.74, 6) is 0.913. The smallest absolute Gasteiger partial charge is 0.119 e. The molecule has 14 heavy (non-hydrogen) atoms. The van der Waals surface area contributed by atoms with Crippen LogP contribution >= 0.6 is 0 Å². The van der Waals surface area contributed by atoms with Crippen LogP contribution in [0.2, 0.25) is 0 Å². The van der Waals surface area contributed by atoms with Gasteiger partial charge in [-0.25, -0.2) is 0 Å². The van der Waals surface area contributed by atoms with Crippen molar-refractivity contribution in [3.05, 3.63) is 29.3 Å². The molecule has 0 radical (unpaired) electrons. The van der Waals surface area contributed by atoms with E-state index in [0.717, 1.165) is 18.6 Å². The minimum absolute atomic E-state index is 0.266. The first-order valence-electron chi connectivity index (χ1n) is 5.06. The molecule has 2 heteroatoms. The monoisotopic (exact) mass is 193 g/mol. The van der Waals surface area contributed by atoms with Crippen molar-refractivity contribution < 1.29 is 4.74 Å². The van der Waals surface area contributed by atoms with Gasteiger partial charge in [0, 0.05) is 6.04 Å². The van der Waals surface area contributed by atoms with Crippen LogP contribution < -0.4 is 10.5 Å². The quantitative estimate of drug-likeness (QED) is 0.796. The Kier molecular flexibility index (Phi) is 3.96. The summed E-state index contributed by atoms with van der Waals surface area (Å²) in [7, 11) is 1.69. The van der Waals surface area contributed by atoms with Gasteiger partial charge in [0.1, 0.15) is 5.75 Å². The third-order valence-electron chi connectivity index (χ3n) is 2.56. The van der Waals surface area contributed by atoms with E-state index in [2.05, 4.69) is 26.0 Å². The maximum absolute atomic E-state index is 5.91. The molecular formula is C12H19NO. The molecule has 0 fully saturated rings. The standard InChI is InChI=1S/C12H19NO/c1-4-11(13)8-10-5-6-12(14-3)7-9(10)2/h5-7,11H,4,8,13H2,1-3H3. The largest absolute Gasteiger partial charge is 0.497 e. The topological polar surface area (TPSA) is 35.2 Å². The molecule has 0 aliphatic heterocycles. The van der Waals surface area contributed by atoms with Crippen LogP contribution in [0, 0.1) is 6.92 Å². The highest BCUT2D eigenvalue weighted by molar-refractivity contribution is 5.35. The number of hydrogen-bond acceptors (Lipinski definition) is 2. The average Bonchev–Trinajstić information content (AvgIpc) is 2.20. The zero-order valence-electron chi connectivity index (χ0n) is 9.21. The molecular weight excluding hydrogens is 174 g/mol. The van der Waals surface area contributed by atoms with Crippen molar-refractivity contribution in [2.45, 2.75) is 32.7 Å². The molecule has 1 aromatic rings. The van der Waals surface area contributed by atoms with Crippen molar-refractivity contribution in [3.63, 3.8) is 0 Å². The maximum atomic E-state index is 5.91. The predicted octanol–water partition coefficient (Wildman–Crippen LogP) is 2.28.